The normalized spacial score (nSPS) is 10.8. The number of phenols is 22. The van der Waals surface area contributed by atoms with Crippen LogP contribution in [0.3, 0.4) is 0 Å². The van der Waals surface area contributed by atoms with Gasteiger partial charge in [-0.2, -0.15) is 0 Å². The zero-order chi connectivity index (χ0) is 86.1. The Morgan fingerprint density at radius 1 is 0.153 bits per heavy atom. The van der Waals surface area contributed by atoms with Gasteiger partial charge in [-0.25, -0.2) is 47.9 Å². The van der Waals surface area contributed by atoms with Gasteiger partial charge in [0.05, 0.1) is 55.6 Å². The second-order valence-electron chi connectivity index (χ2n) is 23.8. The van der Waals surface area contributed by atoms with E-state index in [1.165, 1.54) is 6.07 Å². The number of esters is 10. The summed E-state index contributed by atoms with van der Waals surface area (Å²) in [5.74, 6) is -49.0. The van der Waals surface area contributed by atoms with Crippen molar-refractivity contribution in [2.24, 2.45) is 0 Å². The predicted octanol–water partition coefficient (Wildman–Crippen LogP) is 7.40. The molecule has 0 radical (unpaired) electrons. The molecule has 0 saturated carbocycles. The Labute approximate surface area is 650 Å². The number of ether oxygens (including phenoxy) is 10. The van der Waals surface area contributed by atoms with Gasteiger partial charge in [-0.1, -0.05) is 6.07 Å². The molecule has 0 aromatic heterocycles. The average Bonchev–Trinajstić information content (AvgIpc) is 0.804. The van der Waals surface area contributed by atoms with Gasteiger partial charge in [0, 0.05) is 6.07 Å². The first-order valence-electron chi connectivity index (χ1n) is 31.9. The molecular weight excluding hydrogens is 1580 g/mol. The van der Waals surface area contributed by atoms with Crippen LogP contribution in [0.15, 0.2) is 146 Å². The molecule has 0 aliphatic heterocycles. The summed E-state index contributed by atoms with van der Waals surface area (Å²) in [5, 5.41) is 227. The standard InChI is InChI=1S/C76H46O42/c77-37-4-25(5-38(78)57(37)89)69(101)111-51-18-29(10-43(83)61(51)93)71(103)113-49-16-27(8-41(81)59(49)91)67(99)109-35-2-1-3-36(24-35)110-68(100)28-9-42(82)60(92)50(17-28)114-72(104)31-12-45(85)63(95)53(20-31)116-74(106)33-14-47(87)65(97)55(22-33)118-76(108)34-15-48(88)66(98)56(23-34)117-75(107)32-13-46(86)64(96)54(21-32)115-73(105)30-11-44(84)62(94)52(19-30)112-70(102)26-6-39(79)58(90)40(80)7-26/h1-24,77-98H. The number of rotatable bonds is 20. The maximum absolute atomic E-state index is 13.6. The summed E-state index contributed by atoms with van der Waals surface area (Å²) in [6.45, 7) is 0. The summed E-state index contributed by atoms with van der Waals surface area (Å²) in [6.07, 6.45) is 0. The Morgan fingerprint density at radius 3 is 0.415 bits per heavy atom. The van der Waals surface area contributed by atoms with E-state index in [-0.39, 0.29) is 0 Å². The fourth-order valence-electron chi connectivity index (χ4n) is 9.96. The average molecular weight is 1630 g/mol. The van der Waals surface area contributed by atoms with E-state index in [1.54, 1.807) is 0 Å². The molecule has 11 rings (SSSR count). The number of carbonyl (C=O) groups excluding carboxylic acids is 10. The van der Waals surface area contributed by atoms with Gasteiger partial charge in [-0.3, -0.25) is 0 Å². The molecule has 0 heterocycles. The molecule has 22 N–H and O–H groups in total. The van der Waals surface area contributed by atoms with Gasteiger partial charge in [-0.15, -0.1) is 0 Å². The van der Waals surface area contributed by atoms with Crippen LogP contribution in [0.1, 0.15) is 104 Å². The third kappa shape index (κ3) is 17.0. The van der Waals surface area contributed by atoms with Crippen molar-refractivity contribution in [2.45, 2.75) is 0 Å². The minimum Gasteiger partial charge on any atom is -0.504 e. The molecule has 0 bridgehead atoms. The Hall–Kier alpha value is -18.3. The van der Waals surface area contributed by atoms with Crippen LogP contribution >= 0.6 is 0 Å². The van der Waals surface area contributed by atoms with E-state index in [4.69, 9.17) is 47.4 Å². The van der Waals surface area contributed by atoms with Crippen LogP contribution in [0.25, 0.3) is 0 Å². The number of benzene rings is 11. The van der Waals surface area contributed by atoms with Gasteiger partial charge < -0.3 is 160 Å². The van der Waals surface area contributed by atoms with Crippen molar-refractivity contribution >= 4 is 59.7 Å². The monoisotopic (exact) mass is 1630 g/mol. The van der Waals surface area contributed by atoms with Crippen molar-refractivity contribution in [3.63, 3.8) is 0 Å². The van der Waals surface area contributed by atoms with Crippen molar-refractivity contribution < 1.29 is 208 Å². The van der Waals surface area contributed by atoms with Crippen LogP contribution in [-0.4, -0.2) is 172 Å². The predicted molar refractivity (Wildman–Crippen MR) is 377 cm³/mol. The zero-order valence-electron chi connectivity index (χ0n) is 57.9. The van der Waals surface area contributed by atoms with Crippen molar-refractivity contribution in [2.75, 3.05) is 0 Å². The topological polar surface area (TPSA) is 708 Å². The molecule has 0 saturated heterocycles. The lowest BCUT2D eigenvalue weighted by Gasteiger charge is -2.14. The quantitative estimate of drug-likeness (QED) is 0.0201. The molecule has 0 spiro atoms. The number of carbonyl (C=O) groups is 10. The highest BCUT2D eigenvalue weighted by atomic mass is 16.6. The van der Waals surface area contributed by atoms with Crippen LogP contribution in [0, 0.1) is 0 Å². The van der Waals surface area contributed by atoms with Crippen LogP contribution < -0.4 is 47.4 Å². The lowest BCUT2D eigenvalue weighted by molar-refractivity contribution is 0.0698. The van der Waals surface area contributed by atoms with Crippen molar-refractivity contribution in [3.8, 4) is 184 Å². The third-order valence-electron chi connectivity index (χ3n) is 15.8. The molecule has 42 heteroatoms. The number of aromatic hydroxyl groups is 22. The van der Waals surface area contributed by atoms with Gasteiger partial charge in [0.15, 0.2) is 126 Å². The molecule has 11 aromatic carbocycles. The Balaban J connectivity index is 0.722. The summed E-state index contributed by atoms with van der Waals surface area (Å²) in [6, 6.07) is 16.1. The summed E-state index contributed by atoms with van der Waals surface area (Å²) < 4.78 is 51.3. The van der Waals surface area contributed by atoms with E-state index in [2.05, 4.69) is 0 Å². The van der Waals surface area contributed by atoms with Crippen LogP contribution in [-0.2, 0) is 0 Å². The molecule has 11 aromatic rings. The van der Waals surface area contributed by atoms with Gasteiger partial charge in [-0.05, 0) is 133 Å². The molecule has 0 fully saturated rings. The van der Waals surface area contributed by atoms with E-state index >= 15 is 0 Å². The number of phenolic OH excluding ortho intramolecular Hbond substituents is 22. The lowest BCUT2D eigenvalue weighted by atomic mass is 10.1. The second-order valence-corrected chi connectivity index (χ2v) is 23.8. The minimum absolute atomic E-state index is 0.411. The van der Waals surface area contributed by atoms with Crippen molar-refractivity contribution in [3.05, 3.63) is 201 Å². The zero-order valence-corrected chi connectivity index (χ0v) is 57.9. The van der Waals surface area contributed by atoms with E-state index < -0.39 is 299 Å². The Morgan fingerprint density at radius 2 is 0.271 bits per heavy atom. The highest BCUT2D eigenvalue weighted by Crippen LogP contribution is 2.48. The van der Waals surface area contributed by atoms with Crippen LogP contribution in [0.2, 0.25) is 0 Å². The first-order valence-corrected chi connectivity index (χ1v) is 31.9. The summed E-state index contributed by atoms with van der Waals surface area (Å²) in [4.78, 5) is 133. The molecule has 0 atom stereocenters. The maximum Gasteiger partial charge on any atom is 0.343 e. The molecule has 0 aliphatic carbocycles. The Kier molecular flexibility index (Phi) is 21.9. The van der Waals surface area contributed by atoms with E-state index in [9.17, 15) is 160 Å². The molecule has 118 heavy (non-hydrogen) atoms. The fraction of sp³-hybridized carbons (Fsp3) is 0. The third-order valence-corrected chi connectivity index (χ3v) is 15.8. The minimum atomic E-state index is -1.66. The highest BCUT2D eigenvalue weighted by molar-refractivity contribution is 6.02. The number of hydrogen-bond donors (Lipinski definition) is 22. The summed E-state index contributed by atoms with van der Waals surface area (Å²) in [5.41, 5.74) is -7.43. The second kappa shape index (κ2) is 32.0. The molecule has 42 nitrogen and oxygen atoms in total. The van der Waals surface area contributed by atoms with Crippen LogP contribution in [0.5, 0.6) is 184 Å². The van der Waals surface area contributed by atoms with E-state index in [1.807, 2.05) is 0 Å². The molecule has 0 amide bonds. The first-order chi connectivity index (χ1) is 55.6. The molecular formula is C76H46O42. The fourth-order valence-corrected chi connectivity index (χ4v) is 9.96. The largest absolute Gasteiger partial charge is 0.504 e. The van der Waals surface area contributed by atoms with Crippen LogP contribution in [0.4, 0.5) is 0 Å². The molecule has 0 unspecified atom stereocenters. The molecule has 0 aliphatic rings. The SMILES string of the molecule is O=C(Oc1cccc(OC(=O)c2cc(O)c(O)c(OC(=O)c3cc(O)c(O)c(OC(=O)c4cc(O)c(O)c(OC(=O)c5cc(O)c(O)c(OC(=O)c6cc(O)c(O)c(OC(=O)c7cc(O)c(O)c(OC(=O)c8cc(O)c(O)c(O)c8)c7)c6)c5)c4)c3)c2)c1)c1cc(O)c(O)c(OC(=O)c2cc(O)c(O)c(OC(=O)c3cc(O)c(O)c(O)c3)c2)c1. The Bertz CT molecular complexity index is 6110. The van der Waals surface area contributed by atoms with Crippen molar-refractivity contribution in [1.82, 2.24) is 0 Å². The summed E-state index contributed by atoms with van der Waals surface area (Å²) >= 11 is 0. The van der Waals surface area contributed by atoms with Gasteiger partial charge in [0.1, 0.15) is 11.5 Å². The molecule has 602 valence electrons. The van der Waals surface area contributed by atoms with Gasteiger partial charge >= 0.3 is 59.7 Å². The maximum atomic E-state index is 13.6. The lowest BCUT2D eigenvalue weighted by Crippen LogP contribution is -2.14. The summed E-state index contributed by atoms with van der Waals surface area (Å²) in [7, 11) is 0. The van der Waals surface area contributed by atoms with Gasteiger partial charge in [0.25, 0.3) is 0 Å². The number of hydrogen-bond acceptors (Lipinski definition) is 42. The van der Waals surface area contributed by atoms with Gasteiger partial charge in [0.2, 0.25) is 46.0 Å². The van der Waals surface area contributed by atoms with E-state index in [0.717, 1.165) is 18.2 Å². The van der Waals surface area contributed by atoms with Crippen molar-refractivity contribution in [1.29, 1.82) is 0 Å². The smallest absolute Gasteiger partial charge is 0.343 e. The first kappa shape index (κ1) is 80.7. The highest BCUT2D eigenvalue weighted by Gasteiger charge is 2.31. The van der Waals surface area contributed by atoms with E-state index in [0.29, 0.717) is 121 Å².